The van der Waals surface area contributed by atoms with E-state index >= 15 is 0 Å². The summed E-state index contributed by atoms with van der Waals surface area (Å²) in [6.07, 6.45) is 4.86. The predicted molar refractivity (Wildman–Crippen MR) is 141 cm³/mol. The molecule has 1 atom stereocenters. The zero-order valence-corrected chi connectivity index (χ0v) is 21.5. The molecule has 0 saturated carbocycles. The minimum atomic E-state index is -0.371. The number of nitrogens with zero attached hydrogens (tertiary/aromatic N) is 2. The summed E-state index contributed by atoms with van der Waals surface area (Å²) in [4.78, 5) is 27.9. The quantitative estimate of drug-likeness (QED) is 0.434. The predicted octanol–water partition coefficient (Wildman–Crippen LogP) is 6.13. The summed E-state index contributed by atoms with van der Waals surface area (Å²) in [5, 5.41) is 11.1. The van der Waals surface area contributed by atoms with Crippen LogP contribution in [0, 0.1) is 19.3 Å². The molecule has 2 N–H and O–H groups in total. The van der Waals surface area contributed by atoms with Gasteiger partial charge in [0.25, 0.3) is 5.91 Å². The number of benzene rings is 2. The van der Waals surface area contributed by atoms with E-state index in [1.54, 1.807) is 22.6 Å². The second-order valence-corrected chi connectivity index (χ2v) is 11.1. The van der Waals surface area contributed by atoms with E-state index < -0.39 is 0 Å². The SMILES string of the molecule is CSc1ccc([C@H]2C3=C(CC(C)(C)CC3=O)Nc3c(C(=O)Nc4ccc(C)c(C)c4)cnn32)cc1. The third kappa shape index (κ3) is 4.29. The first kappa shape index (κ1) is 23.4. The van der Waals surface area contributed by atoms with Gasteiger partial charge < -0.3 is 10.6 Å². The summed E-state index contributed by atoms with van der Waals surface area (Å²) in [5.41, 5.74) is 5.95. The van der Waals surface area contributed by atoms with Gasteiger partial charge in [-0.1, -0.05) is 32.0 Å². The Morgan fingerprint density at radius 2 is 1.86 bits per heavy atom. The molecule has 1 aliphatic heterocycles. The van der Waals surface area contributed by atoms with Crippen molar-refractivity contribution >= 4 is 35.0 Å². The first-order valence-corrected chi connectivity index (χ1v) is 13.0. The molecule has 1 aliphatic carbocycles. The highest BCUT2D eigenvalue weighted by atomic mass is 32.2. The van der Waals surface area contributed by atoms with Crippen molar-refractivity contribution in [3.63, 3.8) is 0 Å². The first-order chi connectivity index (χ1) is 16.7. The van der Waals surface area contributed by atoms with Gasteiger partial charge in [0.2, 0.25) is 0 Å². The Hall–Kier alpha value is -3.32. The number of hydrogen-bond acceptors (Lipinski definition) is 5. The third-order valence-electron chi connectivity index (χ3n) is 6.94. The van der Waals surface area contributed by atoms with Crippen LogP contribution >= 0.6 is 11.8 Å². The molecule has 3 aromatic rings. The molecule has 0 unspecified atom stereocenters. The average Bonchev–Trinajstić information content (AvgIpc) is 3.23. The van der Waals surface area contributed by atoms with Gasteiger partial charge in [-0.05, 0) is 72.9 Å². The maximum atomic E-state index is 13.4. The van der Waals surface area contributed by atoms with Crippen molar-refractivity contribution in [1.29, 1.82) is 0 Å². The fraction of sp³-hybridized carbons (Fsp3) is 0.321. The number of amides is 1. The van der Waals surface area contributed by atoms with Gasteiger partial charge in [0.1, 0.15) is 17.4 Å². The lowest BCUT2D eigenvalue weighted by molar-refractivity contribution is -0.118. The number of Topliss-reactive ketones (excluding diaryl/α,β-unsaturated/α-hetero) is 1. The molecule has 2 aliphatic rings. The minimum absolute atomic E-state index is 0.130. The lowest BCUT2D eigenvalue weighted by atomic mass is 9.73. The van der Waals surface area contributed by atoms with Gasteiger partial charge in [0.05, 0.1) is 6.20 Å². The molecular weight excluding hydrogens is 456 g/mol. The molecule has 2 aromatic carbocycles. The number of anilines is 2. The maximum Gasteiger partial charge on any atom is 0.261 e. The Balaban J connectivity index is 1.57. The van der Waals surface area contributed by atoms with E-state index in [4.69, 9.17) is 0 Å². The number of rotatable bonds is 4. The van der Waals surface area contributed by atoms with Gasteiger partial charge in [-0.25, -0.2) is 4.68 Å². The summed E-state index contributed by atoms with van der Waals surface area (Å²) >= 11 is 1.68. The monoisotopic (exact) mass is 486 g/mol. The number of aromatic nitrogens is 2. The molecule has 0 fully saturated rings. The molecule has 0 radical (unpaired) electrons. The van der Waals surface area contributed by atoms with Crippen LogP contribution in [-0.4, -0.2) is 27.7 Å². The molecule has 0 saturated heterocycles. The van der Waals surface area contributed by atoms with Gasteiger partial charge in [-0.3, -0.25) is 9.59 Å². The fourth-order valence-electron chi connectivity index (χ4n) is 4.99. The van der Waals surface area contributed by atoms with Gasteiger partial charge in [-0.15, -0.1) is 11.8 Å². The van der Waals surface area contributed by atoms with Crippen molar-refractivity contribution in [3.05, 3.63) is 82.2 Å². The van der Waals surface area contributed by atoms with E-state index in [-0.39, 0.29) is 23.1 Å². The Morgan fingerprint density at radius 1 is 1.11 bits per heavy atom. The second-order valence-electron chi connectivity index (χ2n) is 10.2. The molecule has 0 bridgehead atoms. The Kier molecular flexibility index (Phi) is 5.83. The van der Waals surface area contributed by atoms with Crippen molar-refractivity contribution in [1.82, 2.24) is 9.78 Å². The average molecular weight is 487 g/mol. The van der Waals surface area contributed by atoms with Crippen LogP contribution in [-0.2, 0) is 4.79 Å². The zero-order chi connectivity index (χ0) is 24.9. The smallest absolute Gasteiger partial charge is 0.261 e. The van der Waals surface area contributed by atoms with Gasteiger partial charge in [0, 0.05) is 28.3 Å². The van der Waals surface area contributed by atoms with Crippen molar-refractivity contribution in [2.24, 2.45) is 5.41 Å². The van der Waals surface area contributed by atoms with E-state index in [1.807, 2.05) is 38.3 Å². The highest BCUT2D eigenvalue weighted by molar-refractivity contribution is 7.98. The van der Waals surface area contributed by atoms with Crippen molar-refractivity contribution in [3.8, 4) is 0 Å². The first-order valence-electron chi connectivity index (χ1n) is 11.8. The molecule has 1 amide bonds. The number of ketones is 1. The van der Waals surface area contributed by atoms with Gasteiger partial charge >= 0.3 is 0 Å². The Labute approximate surface area is 210 Å². The Bertz CT molecular complexity index is 1370. The number of allylic oxidation sites excluding steroid dienone is 2. The summed E-state index contributed by atoms with van der Waals surface area (Å²) < 4.78 is 1.79. The lowest BCUT2D eigenvalue weighted by Gasteiger charge is -2.39. The van der Waals surface area contributed by atoms with E-state index in [1.165, 1.54) is 5.56 Å². The van der Waals surface area contributed by atoms with Crippen LogP contribution in [0.15, 0.2) is 64.8 Å². The van der Waals surface area contributed by atoms with E-state index in [0.29, 0.717) is 17.8 Å². The van der Waals surface area contributed by atoms with Gasteiger partial charge in [-0.2, -0.15) is 5.10 Å². The van der Waals surface area contributed by atoms with Crippen molar-refractivity contribution < 1.29 is 9.59 Å². The molecule has 35 heavy (non-hydrogen) atoms. The third-order valence-corrected chi connectivity index (χ3v) is 7.69. The van der Waals surface area contributed by atoms with E-state index in [9.17, 15) is 9.59 Å². The molecule has 2 heterocycles. The van der Waals surface area contributed by atoms with Crippen molar-refractivity contribution in [2.45, 2.75) is 51.5 Å². The molecule has 5 rings (SSSR count). The van der Waals surface area contributed by atoms with Crippen LogP contribution in [0.3, 0.4) is 0 Å². The number of fused-ring (bicyclic) bond motifs is 1. The normalized spacial score (nSPS) is 18.5. The van der Waals surface area contributed by atoms with E-state index in [0.717, 1.165) is 39.4 Å². The zero-order valence-electron chi connectivity index (χ0n) is 20.7. The highest BCUT2D eigenvalue weighted by Crippen LogP contribution is 2.46. The van der Waals surface area contributed by atoms with Crippen LogP contribution in [0.25, 0.3) is 0 Å². The number of carbonyl (C=O) groups excluding carboxylic acids is 2. The summed E-state index contributed by atoms with van der Waals surface area (Å²) in [6, 6.07) is 13.7. The van der Waals surface area contributed by atoms with Crippen LogP contribution < -0.4 is 10.6 Å². The van der Waals surface area contributed by atoms with Crippen molar-refractivity contribution in [2.75, 3.05) is 16.9 Å². The summed E-state index contributed by atoms with van der Waals surface area (Å²) in [7, 11) is 0. The maximum absolute atomic E-state index is 13.4. The fourth-order valence-corrected chi connectivity index (χ4v) is 5.40. The van der Waals surface area contributed by atoms with Gasteiger partial charge in [0.15, 0.2) is 5.78 Å². The topological polar surface area (TPSA) is 76.0 Å². The molecule has 180 valence electrons. The lowest BCUT2D eigenvalue weighted by Crippen LogP contribution is -2.37. The number of thioether (sulfide) groups is 1. The number of nitrogens with one attached hydrogen (secondary N) is 2. The molecule has 7 heteroatoms. The highest BCUT2D eigenvalue weighted by Gasteiger charge is 2.42. The van der Waals surface area contributed by atoms with Crippen LogP contribution in [0.5, 0.6) is 0 Å². The molecule has 6 nitrogen and oxygen atoms in total. The molecular formula is C28H30N4O2S. The number of aryl methyl sites for hydroxylation is 2. The molecule has 0 spiro atoms. The summed E-state index contributed by atoms with van der Waals surface area (Å²) in [5.74, 6) is 0.517. The van der Waals surface area contributed by atoms with Crippen LogP contribution in [0.1, 0.15) is 59.8 Å². The number of hydrogen-bond donors (Lipinski definition) is 2. The minimum Gasteiger partial charge on any atom is -0.343 e. The van der Waals surface area contributed by atoms with Crippen LogP contribution in [0.2, 0.25) is 0 Å². The second kappa shape index (κ2) is 8.72. The Morgan fingerprint density at radius 3 is 2.54 bits per heavy atom. The summed E-state index contributed by atoms with van der Waals surface area (Å²) in [6.45, 7) is 8.29. The van der Waals surface area contributed by atoms with Crippen LogP contribution in [0.4, 0.5) is 11.5 Å². The number of carbonyl (C=O) groups is 2. The molecule has 1 aromatic heterocycles. The van der Waals surface area contributed by atoms with E-state index in [2.05, 4.69) is 53.8 Å². The standard InChI is InChI=1S/C28H30N4O2S/c1-16-6-9-19(12-17(16)2)30-27(34)21-15-29-32-25(18-7-10-20(35-5)11-8-18)24-22(31-26(21)32)13-28(3,4)14-23(24)33/h6-12,15,25,31H,13-14H2,1-5H3,(H,30,34)/t25-/m0/s1. The largest absolute Gasteiger partial charge is 0.343 e.